The van der Waals surface area contributed by atoms with Crippen LogP contribution in [0.1, 0.15) is 44.1 Å². The zero-order valence-electron chi connectivity index (χ0n) is 16.7. The molecule has 0 bridgehead atoms. The number of nitrogens with zero attached hydrogens (tertiary/aromatic N) is 1. The summed E-state index contributed by atoms with van der Waals surface area (Å²) in [5.74, 6) is 1.27. The lowest BCUT2D eigenvalue weighted by Crippen LogP contribution is -2.50. The lowest BCUT2D eigenvalue weighted by molar-refractivity contribution is -0.151. The van der Waals surface area contributed by atoms with Gasteiger partial charge in [-0.05, 0) is 55.4 Å². The number of carbonyl (C=O) groups is 2. The van der Waals surface area contributed by atoms with E-state index in [0.717, 1.165) is 24.9 Å². The maximum atomic E-state index is 12.6. The number of benzene rings is 1. The van der Waals surface area contributed by atoms with Crippen molar-refractivity contribution in [3.63, 3.8) is 0 Å². The lowest BCUT2D eigenvalue weighted by atomic mass is 9.78. The molecule has 2 fully saturated rings. The van der Waals surface area contributed by atoms with E-state index in [2.05, 4.69) is 0 Å². The Morgan fingerprint density at radius 1 is 1.04 bits per heavy atom. The summed E-state index contributed by atoms with van der Waals surface area (Å²) in [5.41, 5.74) is 0.751. The predicted molar refractivity (Wildman–Crippen MR) is 106 cm³/mol. The number of fused-ring (bicyclic) bond motifs is 1. The van der Waals surface area contributed by atoms with E-state index >= 15 is 0 Å². The second-order valence-corrected chi connectivity index (χ2v) is 7.43. The maximum Gasteiger partial charge on any atom is 0.331 e. The van der Waals surface area contributed by atoms with Gasteiger partial charge in [-0.3, -0.25) is 4.79 Å². The van der Waals surface area contributed by atoms with Gasteiger partial charge in [-0.15, -0.1) is 0 Å². The molecular formula is C22H29NO5. The highest BCUT2D eigenvalue weighted by molar-refractivity contribution is 5.89. The number of hydrogen-bond donors (Lipinski definition) is 0. The van der Waals surface area contributed by atoms with E-state index < -0.39 is 5.97 Å². The van der Waals surface area contributed by atoms with Crippen molar-refractivity contribution in [2.75, 3.05) is 27.4 Å². The van der Waals surface area contributed by atoms with Crippen LogP contribution in [0.25, 0.3) is 6.08 Å². The van der Waals surface area contributed by atoms with Crippen LogP contribution in [0.4, 0.5) is 0 Å². The number of amides is 1. The minimum Gasteiger partial charge on any atom is -0.497 e. The predicted octanol–water partition coefficient (Wildman–Crippen LogP) is 3.44. The van der Waals surface area contributed by atoms with Crippen molar-refractivity contribution in [1.29, 1.82) is 0 Å². The van der Waals surface area contributed by atoms with E-state index in [1.807, 2.05) is 4.90 Å². The van der Waals surface area contributed by atoms with Gasteiger partial charge in [0.15, 0.2) is 6.61 Å². The lowest BCUT2D eigenvalue weighted by Gasteiger charge is -2.44. The molecule has 6 heteroatoms. The number of carbonyl (C=O) groups excluding carboxylic acids is 2. The summed E-state index contributed by atoms with van der Waals surface area (Å²) in [6.45, 7) is 0.574. The fourth-order valence-corrected chi connectivity index (χ4v) is 4.29. The molecule has 1 amide bonds. The Bertz CT molecular complexity index is 705. The van der Waals surface area contributed by atoms with Gasteiger partial charge in [0.05, 0.1) is 14.2 Å². The highest BCUT2D eigenvalue weighted by atomic mass is 16.5. The first-order valence-electron chi connectivity index (χ1n) is 9.98. The number of likely N-dealkylation sites (tertiary alicyclic amines) is 1. The molecule has 1 aromatic carbocycles. The van der Waals surface area contributed by atoms with Gasteiger partial charge < -0.3 is 19.1 Å². The molecule has 152 valence electrons. The van der Waals surface area contributed by atoms with Gasteiger partial charge in [0.1, 0.15) is 11.5 Å². The van der Waals surface area contributed by atoms with Crippen molar-refractivity contribution in [2.45, 2.75) is 44.6 Å². The number of methoxy groups -OCH3 is 2. The number of piperidine rings is 1. The van der Waals surface area contributed by atoms with Crippen LogP contribution in [0, 0.1) is 5.92 Å². The van der Waals surface area contributed by atoms with Crippen LogP contribution in [-0.4, -0.2) is 50.2 Å². The molecule has 0 N–H and O–H groups in total. The van der Waals surface area contributed by atoms with E-state index in [4.69, 9.17) is 14.2 Å². The molecular weight excluding hydrogens is 358 g/mol. The van der Waals surface area contributed by atoms with Gasteiger partial charge in [0.25, 0.3) is 5.91 Å². The summed E-state index contributed by atoms with van der Waals surface area (Å²) >= 11 is 0. The summed E-state index contributed by atoms with van der Waals surface area (Å²) in [5, 5.41) is 0. The SMILES string of the molecule is COc1cc(/C=C/C(=O)OCC(=O)N2CCC[C@H]3CCCC[C@H]32)cc(OC)c1. The third-order valence-corrected chi connectivity index (χ3v) is 5.69. The van der Waals surface area contributed by atoms with Crippen molar-refractivity contribution in [3.8, 4) is 11.5 Å². The topological polar surface area (TPSA) is 65.1 Å². The van der Waals surface area contributed by atoms with Crippen molar-refractivity contribution >= 4 is 18.0 Å². The fraction of sp³-hybridized carbons (Fsp3) is 0.545. The van der Waals surface area contributed by atoms with Crippen molar-refractivity contribution in [2.24, 2.45) is 5.92 Å². The minimum atomic E-state index is -0.535. The van der Waals surface area contributed by atoms with Gasteiger partial charge in [-0.2, -0.15) is 0 Å². The third kappa shape index (κ3) is 5.06. The molecule has 1 saturated carbocycles. The van der Waals surface area contributed by atoms with Crippen LogP contribution in [-0.2, 0) is 14.3 Å². The second kappa shape index (κ2) is 9.62. The summed E-state index contributed by atoms with van der Waals surface area (Å²) in [7, 11) is 3.14. The van der Waals surface area contributed by atoms with Crippen LogP contribution in [0.2, 0.25) is 0 Å². The normalized spacial score (nSPS) is 21.9. The van der Waals surface area contributed by atoms with Crippen molar-refractivity contribution in [3.05, 3.63) is 29.8 Å². The van der Waals surface area contributed by atoms with Crippen LogP contribution < -0.4 is 9.47 Å². The first-order chi connectivity index (χ1) is 13.6. The largest absolute Gasteiger partial charge is 0.497 e. The zero-order chi connectivity index (χ0) is 19.9. The smallest absolute Gasteiger partial charge is 0.331 e. The second-order valence-electron chi connectivity index (χ2n) is 7.43. The quantitative estimate of drug-likeness (QED) is 0.553. The number of rotatable bonds is 6. The first kappa shape index (κ1) is 20.2. The zero-order valence-corrected chi connectivity index (χ0v) is 16.7. The number of hydrogen-bond acceptors (Lipinski definition) is 5. The fourth-order valence-electron chi connectivity index (χ4n) is 4.29. The average molecular weight is 387 g/mol. The van der Waals surface area contributed by atoms with Gasteiger partial charge in [0, 0.05) is 24.7 Å². The Labute approximate surface area is 166 Å². The van der Waals surface area contributed by atoms with E-state index in [-0.39, 0.29) is 12.5 Å². The van der Waals surface area contributed by atoms with E-state index in [0.29, 0.717) is 23.5 Å². The van der Waals surface area contributed by atoms with Gasteiger partial charge in [-0.25, -0.2) is 4.79 Å². The molecule has 1 aliphatic heterocycles. The maximum absolute atomic E-state index is 12.6. The van der Waals surface area contributed by atoms with Gasteiger partial charge in [-0.1, -0.05) is 12.8 Å². The van der Waals surface area contributed by atoms with Crippen LogP contribution in [0.5, 0.6) is 11.5 Å². The highest BCUT2D eigenvalue weighted by Crippen LogP contribution is 2.35. The van der Waals surface area contributed by atoms with E-state index in [1.165, 1.54) is 31.8 Å². The van der Waals surface area contributed by atoms with Crippen LogP contribution >= 0.6 is 0 Å². The molecule has 0 unspecified atom stereocenters. The molecule has 0 spiro atoms. The van der Waals surface area contributed by atoms with Crippen LogP contribution in [0.15, 0.2) is 24.3 Å². The third-order valence-electron chi connectivity index (χ3n) is 5.69. The monoisotopic (exact) mass is 387 g/mol. The molecule has 0 radical (unpaired) electrons. The van der Waals surface area contributed by atoms with Gasteiger partial charge >= 0.3 is 5.97 Å². The molecule has 1 heterocycles. The molecule has 1 saturated heterocycles. The first-order valence-corrected chi connectivity index (χ1v) is 9.98. The van der Waals surface area contributed by atoms with Gasteiger partial charge in [0.2, 0.25) is 0 Å². The minimum absolute atomic E-state index is 0.0820. The Morgan fingerprint density at radius 3 is 2.43 bits per heavy atom. The van der Waals surface area contributed by atoms with Crippen LogP contribution in [0.3, 0.4) is 0 Å². The Hall–Kier alpha value is -2.50. The summed E-state index contributed by atoms with van der Waals surface area (Å²) in [4.78, 5) is 26.6. The van der Waals surface area contributed by atoms with E-state index in [1.54, 1.807) is 38.5 Å². The molecule has 1 aliphatic carbocycles. The molecule has 2 aliphatic rings. The summed E-state index contributed by atoms with van der Waals surface area (Å²) in [6.07, 6.45) is 9.91. The van der Waals surface area contributed by atoms with Crippen molar-refractivity contribution in [1.82, 2.24) is 4.90 Å². The molecule has 28 heavy (non-hydrogen) atoms. The Kier molecular flexibility index (Phi) is 6.95. The Morgan fingerprint density at radius 2 is 1.71 bits per heavy atom. The molecule has 0 aromatic heterocycles. The summed E-state index contributed by atoms with van der Waals surface area (Å²) < 4.78 is 15.6. The summed E-state index contributed by atoms with van der Waals surface area (Å²) in [6, 6.07) is 5.65. The molecule has 3 rings (SSSR count). The standard InChI is InChI=1S/C22H29NO5/c1-26-18-12-16(13-19(14-18)27-2)9-10-22(25)28-15-21(24)23-11-5-7-17-6-3-4-8-20(17)23/h9-10,12-14,17,20H,3-8,11,15H2,1-2H3/b10-9+/t17-,20-/m1/s1. The Balaban J connectivity index is 1.53. The van der Waals surface area contributed by atoms with Crippen molar-refractivity contribution < 1.29 is 23.8 Å². The van der Waals surface area contributed by atoms with E-state index in [9.17, 15) is 9.59 Å². The number of ether oxygens (including phenoxy) is 3. The highest BCUT2D eigenvalue weighted by Gasteiger charge is 2.35. The average Bonchev–Trinajstić information content (AvgIpc) is 2.75. The molecule has 1 aromatic rings. The molecule has 2 atom stereocenters. The molecule has 6 nitrogen and oxygen atoms in total. The number of esters is 1.